The summed E-state index contributed by atoms with van der Waals surface area (Å²) >= 11 is 11.7. The van der Waals surface area contributed by atoms with E-state index < -0.39 is 0 Å². The molecule has 1 amide bonds. The van der Waals surface area contributed by atoms with E-state index in [0.29, 0.717) is 28.9 Å². The predicted molar refractivity (Wildman–Crippen MR) is 89.7 cm³/mol. The molecule has 0 fully saturated rings. The SMILES string of the molecule is CN(CC(C)(C)CN)C(=O)COc1ccc(Cl)c(Cl)c1.Cl. The molecule has 1 aromatic carbocycles. The van der Waals surface area contributed by atoms with Crippen molar-refractivity contribution in [2.45, 2.75) is 13.8 Å². The van der Waals surface area contributed by atoms with Crippen LogP contribution in [0.2, 0.25) is 10.0 Å². The Morgan fingerprint density at radius 2 is 1.95 bits per heavy atom. The number of likely N-dealkylation sites (N-methyl/N-ethyl adjacent to an activating group) is 1. The third kappa shape index (κ3) is 6.74. The lowest BCUT2D eigenvalue weighted by Crippen LogP contribution is -2.41. The average molecular weight is 356 g/mol. The van der Waals surface area contributed by atoms with Gasteiger partial charge in [0, 0.05) is 19.7 Å². The summed E-state index contributed by atoms with van der Waals surface area (Å²) < 4.78 is 5.41. The van der Waals surface area contributed by atoms with Crippen LogP contribution in [-0.2, 0) is 4.79 Å². The molecule has 1 rings (SSSR count). The Morgan fingerprint density at radius 3 is 2.48 bits per heavy atom. The minimum absolute atomic E-state index is 0. The van der Waals surface area contributed by atoms with Crippen LogP contribution in [0.4, 0.5) is 0 Å². The molecule has 0 saturated carbocycles. The van der Waals surface area contributed by atoms with E-state index in [2.05, 4.69) is 0 Å². The van der Waals surface area contributed by atoms with Crippen LogP contribution >= 0.6 is 35.6 Å². The van der Waals surface area contributed by atoms with Crippen molar-refractivity contribution in [2.24, 2.45) is 11.1 Å². The first-order valence-electron chi connectivity index (χ1n) is 6.27. The summed E-state index contributed by atoms with van der Waals surface area (Å²) in [4.78, 5) is 13.6. The average Bonchev–Trinajstić information content (AvgIpc) is 2.39. The minimum atomic E-state index is -0.117. The summed E-state index contributed by atoms with van der Waals surface area (Å²) in [6.07, 6.45) is 0. The fourth-order valence-electron chi connectivity index (χ4n) is 1.62. The van der Waals surface area contributed by atoms with Crippen molar-refractivity contribution >= 4 is 41.5 Å². The van der Waals surface area contributed by atoms with Gasteiger partial charge in [0.1, 0.15) is 5.75 Å². The summed E-state index contributed by atoms with van der Waals surface area (Å²) in [6, 6.07) is 4.89. The fraction of sp³-hybridized carbons (Fsp3) is 0.500. The number of hydrogen-bond donors (Lipinski definition) is 1. The molecule has 0 heterocycles. The molecule has 0 aliphatic carbocycles. The zero-order valence-corrected chi connectivity index (χ0v) is 14.7. The summed E-state index contributed by atoms with van der Waals surface area (Å²) in [5, 5.41) is 0.849. The molecule has 1 aromatic rings. The van der Waals surface area contributed by atoms with Crippen molar-refractivity contribution in [2.75, 3.05) is 26.7 Å². The van der Waals surface area contributed by atoms with Gasteiger partial charge in [-0.25, -0.2) is 0 Å². The smallest absolute Gasteiger partial charge is 0.260 e. The number of halogens is 3. The Bertz CT molecular complexity index is 481. The standard InChI is InChI=1S/C14H20Cl2N2O2.ClH/c1-14(2,8-17)9-18(3)13(19)7-20-10-4-5-11(15)12(16)6-10;/h4-6H,7-9,17H2,1-3H3;1H. The molecule has 0 bridgehead atoms. The Kier molecular flexibility index (Phi) is 8.41. The quantitative estimate of drug-likeness (QED) is 0.852. The third-order valence-corrected chi connectivity index (χ3v) is 3.64. The van der Waals surface area contributed by atoms with Crippen LogP contribution < -0.4 is 10.5 Å². The van der Waals surface area contributed by atoms with Gasteiger partial charge in [0.2, 0.25) is 0 Å². The van der Waals surface area contributed by atoms with Crippen molar-refractivity contribution in [1.82, 2.24) is 4.90 Å². The van der Waals surface area contributed by atoms with Crippen molar-refractivity contribution in [3.05, 3.63) is 28.2 Å². The first-order chi connectivity index (χ1) is 9.25. The van der Waals surface area contributed by atoms with Gasteiger partial charge in [-0.2, -0.15) is 0 Å². The maximum atomic E-state index is 12.0. The molecule has 0 radical (unpaired) electrons. The lowest BCUT2D eigenvalue weighted by molar-refractivity contribution is -0.133. The van der Waals surface area contributed by atoms with Crippen molar-refractivity contribution < 1.29 is 9.53 Å². The molecule has 0 saturated heterocycles. The number of rotatable bonds is 6. The van der Waals surface area contributed by atoms with Crippen molar-refractivity contribution in [1.29, 1.82) is 0 Å². The second-order valence-corrected chi connectivity index (χ2v) is 6.30. The van der Waals surface area contributed by atoms with Gasteiger partial charge in [-0.15, -0.1) is 12.4 Å². The van der Waals surface area contributed by atoms with Crippen molar-refractivity contribution in [3.63, 3.8) is 0 Å². The van der Waals surface area contributed by atoms with Gasteiger partial charge in [-0.1, -0.05) is 37.0 Å². The van der Waals surface area contributed by atoms with E-state index in [9.17, 15) is 4.79 Å². The molecular weight excluding hydrogens is 335 g/mol. The van der Waals surface area contributed by atoms with Crippen LogP contribution in [0, 0.1) is 5.41 Å². The van der Waals surface area contributed by atoms with Crippen LogP contribution in [0.25, 0.3) is 0 Å². The molecule has 0 aliphatic heterocycles. The Morgan fingerprint density at radius 1 is 1.33 bits per heavy atom. The van der Waals surface area contributed by atoms with Crippen molar-refractivity contribution in [3.8, 4) is 5.75 Å². The largest absolute Gasteiger partial charge is 0.484 e. The number of nitrogens with zero attached hydrogens (tertiary/aromatic N) is 1. The highest BCUT2D eigenvalue weighted by molar-refractivity contribution is 6.42. The van der Waals surface area contributed by atoms with Gasteiger partial charge in [0.05, 0.1) is 10.0 Å². The minimum Gasteiger partial charge on any atom is -0.484 e. The molecule has 120 valence electrons. The molecular formula is C14H21Cl3N2O2. The fourth-order valence-corrected chi connectivity index (χ4v) is 1.90. The van der Waals surface area contributed by atoms with Gasteiger partial charge in [-0.3, -0.25) is 4.79 Å². The monoisotopic (exact) mass is 354 g/mol. The molecule has 0 spiro atoms. The molecule has 4 nitrogen and oxygen atoms in total. The summed E-state index contributed by atoms with van der Waals surface area (Å²) in [5.74, 6) is 0.400. The second kappa shape index (κ2) is 8.69. The molecule has 2 N–H and O–H groups in total. The number of ether oxygens (including phenoxy) is 1. The topological polar surface area (TPSA) is 55.6 Å². The van der Waals surface area contributed by atoms with Crippen LogP contribution in [0.5, 0.6) is 5.75 Å². The van der Waals surface area contributed by atoms with Gasteiger partial charge in [0.15, 0.2) is 6.61 Å². The van der Waals surface area contributed by atoms with E-state index in [1.807, 2.05) is 13.8 Å². The molecule has 0 aliphatic rings. The van der Waals surface area contributed by atoms with Crippen LogP contribution in [0.15, 0.2) is 18.2 Å². The van der Waals surface area contributed by atoms with E-state index in [-0.39, 0.29) is 30.3 Å². The Hall–Kier alpha value is -0.680. The van der Waals surface area contributed by atoms with Gasteiger partial charge >= 0.3 is 0 Å². The molecule has 21 heavy (non-hydrogen) atoms. The molecule has 0 unspecified atom stereocenters. The van der Waals surface area contributed by atoms with E-state index in [4.69, 9.17) is 33.7 Å². The zero-order chi connectivity index (χ0) is 15.3. The second-order valence-electron chi connectivity index (χ2n) is 5.48. The molecule has 0 aromatic heterocycles. The third-order valence-electron chi connectivity index (χ3n) is 2.90. The number of benzene rings is 1. The number of nitrogens with two attached hydrogens (primary N) is 1. The van der Waals surface area contributed by atoms with E-state index in [0.717, 1.165) is 0 Å². The zero-order valence-electron chi connectivity index (χ0n) is 12.4. The number of amides is 1. The van der Waals surface area contributed by atoms with Crippen LogP contribution in [0.3, 0.4) is 0 Å². The van der Waals surface area contributed by atoms with E-state index in [1.54, 1.807) is 30.1 Å². The first-order valence-corrected chi connectivity index (χ1v) is 7.02. The first kappa shape index (κ1) is 20.3. The number of carbonyl (C=O) groups excluding carboxylic acids is 1. The number of carbonyl (C=O) groups is 1. The molecule has 7 heteroatoms. The summed E-state index contributed by atoms with van der Waals surface area (Å²) in [5.41, 5.74) is 5.54. The maximum Gasteiger partial charge on any atom is 0.260 e. The highest BCUT2D eigenvalue weighted by Crippen LogP contribution is 2.26. The lowest BCUT2D eigenvalue weighted by atomic mass is 9.93. The number of hydrogen-bond acceptors (Lipinski definition) is 3. The van der Waals surface area contributed by atoms with Gasteiger partial charge < -0.3 is 15.4 Å². The Labute approximate surface area is 141 Å². The Balaban J connectivity index is 0.00000400. The lowest BCUT2D eigenvalue weighted by Gasteiger charge is -2.29. The summed E-state index contributed by atoms with van der Waals surface area (Å²) in [6.45, 7) is 5.06. The predicted octanol–water partition coefficient (Wildman–Crippen LogP) is 3.24. The molecule has 0 atom stereocenters. The highest BCUT2D eigenvalue weighted by atomic mass is 35.5. The van der Waals surface area contributed by atoms with Crippen LogP contribution in [-0.4, -0.2) is 37.6 Å². The van der Waals surface area contributed by atoms with Crippen LogP contribution in [0.1, 0.15) is 13.8 Å². The van der Waals surface area contributed by atoms with E-state index in [1.165, 1.54) is 0 Å². The van der Waals surface area contributed by atoms with E-state index >= 15 is 0 Å². The van der Waals surface area contributed by atoms with Gasteiger partial charge in [-0.05, 0) is 24.1 Å². The summed E-state index contributed by atoms with van der Waals surface area (Å²) in [7, 11) is 1.73. The van der Waals surface area contributed by atoms with Gasteiger partial charge in [0.25, 0.3) is 5.91 Å². The maximum absolute atomic E-state index is 12.0. The normalized spacial score (nSPS) is 10.8. The highest BCUT2D eigenvalue weighted by Gasteiger charge is 2.21.